The van der Waals surface area contributed by atoms with Gasteiger partial charge in [0.1, 0.15) is 10.7 Å². The highest BCUT2D eigenvalue weighted by atomic mass is 35.5. The number of hydrogen-bond donors (Lipinski definition) is 0. The van der Waals surface area contributed by atoms with Crippen LogP contribution in [0.2, 0.25) is 5.02 Å². The Morgan fingerprint density at radius 3 is 2.68 bits per heavy atom. The highest BCUT2D eigenvalue weighted by Gasteiger charge is 2.30. The predicted molar refractivity (Wildman–Crippen MR) is 109 cm³/mol. The van der Waals surface area contributed by atoms with Crippen LogP contribution in [-0.4, -0.2) is 39.3 Å². The van der Waals surface area contributed by atoms with Gasteiger partial charge >= 0.3 is 0 Å². The van der Waals surface area contributed by atoms with E-state index in [-0.39, 0.29) is 16.6 Å². The number of anilines is 1. The van der Waals surface area contributed by atoms with E-state index in [2.05, 4.69) is 0 Å². The number of carbonyl (C=O) groups is 1. The van der Waals surface area contributed by atoms with Crippen molar-refractivity contribution in [3.63, 3.8) is 0 Å². The lowest BCUT2D eigenvalue weighted by Gasteiger charge is -2.17. The van der Waals surface area contributed by atoms with Gasteiger partial charge in [-0.3, -0.25) is 4.79 Å². The molecule has 0 radical (unpaired) electrons. The molecule has 1 aliphatic rings. The van der Waals surface area contributed by atoms with E-state index in [1.807, 2.05) is 0 Å². The van der Waals surface area contributed by atoms with Crippen LogP contribution in [0.15, 0.2) is 41.3 Å². The molecular weight excluding hydrogens is 423 g/mol. The Balaban J connectivity index is 1.72. The number of halogens is 2. The summed E-state index contributed by atoms with van der Waals surface area (Å²) in [5, 5.41) is 0.952. The summed E-state index contributed by atoms with van der Waals surface area (Å²) in [6.07, 6.45) is 0.551. The summed E-state index contributed by atoms with van der Waals surface area (Å²) in [5.74, 6) is -0.654. The first-order valence-corrected chi connectivity index (χ1v) is 11.1. The van der Waals surface area contributed by atoms with Crippen molar-refractivity contribution in [2.45, 2.75) is 11.3 Å². The van der Waals surface area contributed by atoms with E-state index in [9.17, 15) is 17.6 Å². The van der Waals surface area contributed by atoms with Gasteiger partial charge in [0.25, 0.3) is 5.91 Å². The molecule has 2 aromatic carbocycles. The van der Waals surface area contributed by atoms with Crippen molar-refractivity contribution in [2.75, 3.05) is 25.5 Å². The van der Waals surface area contributed by atoms with Gasteiger partial charge in [-0.15, -0.1) is 11.3 Å². The molecule has 2 heterocycles. The highest BCUT2D eigenvalue weighted by Crippen LogP contribution is 2.39. The van der Waals surface area contributed by atoms with Crippen LogP contribution in [0.4, 0.5) is 10.1 Å². The first kappa shape index (κ1) is 19.3. The van der Waals surface area contributed by atoms with Crippen LogP contribution in [0.3, 0.4) is 0 Å². The lowest BCUT2D eigenvalue weighted by molar-refractivity contribution is 0.0993. The van der Waals surface area contributed by atoms with Gasteiger partial charge < -0.3 is 4.90 Å². The second kappa shape index (κ2) is 6.81. The van der Waals surface area contributed by atoms with Crippen LogP contribution >= 0.6 is 22.9 Å². The smallest absolute Gasteiger partial charge is 0.269 e. The van der Waals surface area contributed by atoms with E-state index in [1.165, 1.54) is 32.3 Å². The monoisotopic (exact) mass is 438 g/mol. The number of amides is 1. The second-order valence-corrected chi connectivity index (χ2v) is 10.3. The predicted octanol–water partition coefficient (Wildman–Crippen LogP) is 4.15. The van der Waals surface area contributed by atoms with Crippen LogP contribution in [-0.2, 0) is 16.4 Å². The Kier molecular flexibility index (Phi) is 4.70. The molecular formula is C19H16ClFN2O3S2. The van der Waals surface area contributed by atoms with Crippen molar-refractivity contribution in [1.29, 1.82) is 0 Å². The maximum Gasteiger partial charge on any atom is 0.269 e. The Hall–Kier alpha value is -2.00. The summed E-state index contributed by atoms with van der Waals surface area (Å²) in [7, 11) is -0.587. The van der Waals surface area contributed by atoms with Gasteiger partial charge in [0.2, 0.25) is 10.0 Å². The molecule has 1 aromatic heterocycles. The van der Waals surface area contributed by atoms with Gasteiger partial charge in [-0.2, -0.15) is 0 Å². The summed E-state index contributed by atoms with van der Waals surface area (Å²) < 4.78 is 39.9. The summed E-state index contributed by atoms with van der Waals surface area (Å²) in [5.41, 5.74) is 1.46. The van der Waals surface area contributed by atoms with Gasteiger partial charge in [-0.05, 0) is 48.4 Å². The number of benzene rings is 2. The standard InChI is InChI=1S/C19H16ClFN2O3S2/c1-22(2)28(25,26)13-4-6-15-11(9-13)7-8-23(15)19(24)18-17(20)14-5-3-12(21)10-16(14)27-18/h3-6,9-10H,7-8H2,1-2H3. The van der Waals surface area contributed by atoms with E-state index in [1.54, 1.807) is 23.1 Å². The van der Waals surface area contributed by atoms with Crippen molar-refractivity contribution in [1.82, 2.24) is 4.31 Å². The number of thiophene rings is 1. The minimum absolute atomic E-state index is 0.195. The normalized spacial score (nSPS) is 14.1. The molecule has 9 heteroatoms. The number of sulfonamides is 1. The molecule has 0 spiro atoms. The Labute approximate surface area is 171 Å². The van der Waals surface area contributed by atoms with Gasteiger partial charge in [-0.1, -0.05) is 11.6 Å². The molecule has 0 atom stereocenters. The van der Waals surface area contributed by atoms with Crippen molar-refractivity contribution in [3.05, 3.63) is 57.7 Å². The molecule has 4 rings (SSSR count). The molecule has 0 N–H and O–H groups in total. The molecule has 1 amide bonds. The highest BCUT2D eigenvalue weighted by molar-refractivity contribution is 7.89. The third-order valence-corrected chi connectivity index (χ3v) is 8.21. The number of rotatable bonds is 3. The van der Waals surface area contributed by atoms with Crippen molar-refractivity contribution in [2.24, 2.45) is 0 Å². The largest absolute Gasteiger partial charge is 0.307 e. The molecule has 0 saturated heterocycles. The zero-order valence-electron chi connectivity index (χ0n) is 15.1. The lowest BCUT2D eigenvalue weighted by atomic mass is 10.2. The maximum atomic E-state index is 13.5. The summed E-state index contributed by atoms with van der Waals surface area (Å²) in [4.78, 5) is 15.2. The van der Waals surface area contributed by atoms with Crippen LogP contribution in [0.5, 0.6) is 0 Å². The molecule has 0 saturated carbocycles. The molecule has 3 aromatic rings. The number of hydrogen-bond acceptors (Lipinski definition) is 4. The third-order valence-electron chi connectivity index (χ3n) is 4.76. The molecule has 146 valence electrons. The van der Waals surface area contributed by atoms with Crippen LogP contribution in [0, 0.1) is 5.82 Å². The minimum Gasteiger partial charge on any atom is -0.307 e. The second-order valence-electron chi connectivity index (χ2n) is 6.67. The van der Waals surface area contributed by atoms with Crippen molar-refractivity contribution >= 4 is 54.6 Å². The van der Waals surface area contributed by atoms with Crippen LogP contribution < -0.4 is 4.90 Å². The minimum atomic E-state index is -3.54. The molecule has 0 unspecified atom stereocenters. The Morgan fingerprint density at radius 1 is 1.21 bits per heavy atom. The fourth-order valence-electron chi connectivity index (χ4n) is 3.26. The summed E-state index contributed by atoms with van der Waals surface area (Å²) >= 11 is 7.54. The molecule has 5 nitrogen and oxygen atoms in total. The number of nitrogens with zero attached hydrogens (tertiary/aromatic N) is 2. The van der Waals surface area contributed by atoms with E-state index >= 15 is 0 Å². The van der Waals surface area contributed by atoms with E-state index < -0.39 is 10.0 Å². The third kappa shape index (κ3) is 3.00. The van der Waals surface area contributed by atoms with E-state index in [4.69, 9.17) is 11.6 Å². The Bertz CT molecular complexity index is 1220. The zero-order valence-corrected chi connectivity index (χ0v) is 17.5. The fraction of sp³-hybridized carbons (Fsp3) is 0.211. The first-order valence-electron chi connectivity index (χ1n) is 8.45. The molecule has 28 heavy (non-hydrogen) atoms. The quantitative estimate of drug-likeness (QED) is 0.617. The average molecular weight is 439 g/mol. The van der Waals surface area contributed by atoms with Gasteiger partial charge in [-0.25, -0.2) is 17.1 Å². The van der Waals surface area contributed by atoms with E-state index in [0.717, 1.165) is 21.2 Å². The van der Waals surface area contributed by atoms with Gasteiger partial charge in [0, 0.05) is 36.4 Å². The van der Waals surface area contributed by atoms with Gasteiger partial charge in [0.05, 0.1) is 9.92 Å². The maximum absolute atomic E-state index is 13.5. The average Bonchev–Trinajstić information content (AvgIpc) is 3.21. The fourth-order valence-corrected chi connectivity index (χ4v) is 5.70. The van der Waals surface area contributed by atoms with Gasteiger partial charge in [0.15, 0.2) is 0 Å². The van der Waals surface area contributed by atoms with Crippen molar-refractivity contribution in [3.8, 4) is 0 Å². The number of carbonyl (C=O) groups excluding carboxylic acids is 1. The zero-order chi connectivity index (χ0) is 20.2. The SMILES string of the molecule is CN(C)S(=O)(=O)c1ccc2c(c1)CCN2C(=O)c1sc2cc(F)ccc2c1Cl. The topological polar surface area (TPSA) is 57.7 Å². The van der Waals surface area contributed by atoms with Crippen LogP contribution in [0.1, 0.15) is 15.2 Å². The Morgan fingerprint density at radius 2 is 1.96 bits per heavy atom. The van der Waals surface area contributed by atoms with Crippen molar-refractivity contribution < 1.29 is 17.6 Å². The first-order chi connectivity index (χ1) is 13.2. The summed E-state index contributed by atoms with van der Waals surface area (Å²) in [6, 6.07) is 9.00. The lowest BCUT2D eigenvalue weighted by Crippen LogP contribution is -2.28. The molecule has 0 fully saturated rings. The molecule has 1 aliphatic heterocycles. The number of fused-ring (bicyclic) bond motifs is 2. The van der Waals surface area contributed by atoms with E-state index in [0.29, 0.717) is 38.6 Å². The molecule has 0 bridgehead atoms. The van der Waals surface area contributed by atoms with Crippen LogP contribution in [0.25, 0.3) is 10.1 Å². The summed E-state index contributed by atoms with van der Waals surface area (Å²) in [6.45, 7) is 0.429. The molecule has 0 aliphatic carbocycles.